The molecule has 2 N–H and O–H groups in total. The summed E-state index contributed by atoms with van der Waals surface area (Å²) >= 11 is 0. The Morgan fingerprint density at radius 3 is 2.48 bits per heavy atom. The quantitative estimate of drug-likeness (QED) is 0.430. The second-order valence-corrected chi connectivity index (χ2v) is 6.20. The molecule has 1 aliphatic rings. The average Bonchev–Trinajstić information content (AvgIpc) is 2.91. The Morgan fingerprint density at radius 2 is 1.95 bits per heavy atom. The van der Waals surface area contributed by atoms with Crippen LogP contribution in [0.5, 0.6) is 0 Å². The van der Waals surface area contributed by atoms with Gasteiger partial charge < -0.3 is 15.4 Å². The van der Waals surface area contributed by atoms with E-state index in [1.54, 1.807) is 7.05 Å². The van der Waals surface area contributed by atoms with E-state index in [0.29, 0.717) is 18.4 Å². The van der Waals surface area contributed by atoms with E-state index in [-0.39, 0.29) is 12.1 Å². The van der Waals surface area contributed by atoms with Gasteiger partial charge in [0, 0.05) is 20.1 Å². The summed E-state index contributed by atoms with van der Waals surface area (Å²) in [7, 11) is 1.76. The van der Waals surface area contributed by atoms with E-state index in [9.17, 15) is 4.79 Å². The van der Waals surface area contributed by atoms with E-state index in [2.05, 4.69) is 22.5 Å². The Hall–Kier alpha value is -1.26. The highest BCUT2D eigenvalue weighted by Gasteiger charge is 2.31. The van der Waals surface area contributed by atoms with Crippen molar-refractivity contribution in [2.45, 2.75) is 65.4 Å². The summed E-state index contributed by atoms with van der Waals surface area (Å²) in [5.74, 6) is 0.598. The number of rotatable bonds is 7. The number of nitrogens with one attached hydrogen (secondary N) is 2. The van der Waals surface area contributed by atoms with Crippen LogP contribution in [0.4, 0.5) is 0 Å². The van der Waals surface area contributed by atoms with Crippen LogP contribution < -0.4 is 10.6 Å². The molecule has 0 aromatic heterocycles. The number of nitrogens with zero attached hydrogens (tertiary/aromatic N) is 1. The molecule has 21 heavy (non-hydrogen) atoms. The molecule has 0 unspecified atom stereocenters. The van der Waals surface area contributed by atoms with Gasteiger partial charge in [0.15, 0.2) is 5.96 Å². The standard InChI is InChI=1S/C16H31N3O2/c1-5-16(9-6-7-10-16)12-19-15(17-4)18-11-8-14(20)21-13(2)3/h13H,5-12H2,1-4H3,(H2,17,18,19). The molecule has 0 saturated heterocycles. The Morgan fingerprint density at radius 1 is 1.29 bits per heavy atom. The number of hydrogen-bond acceptors (Lipinski definition) is 3. The van der Waals surface area contributed by atoms with Crippen LogP contribution in [-0.2, 0) is 9.53 Å². The first kappa shape index (κ1) is 17.8. The highest BCUT2D eigenvalue weighted by molar-refractivity contribution is 5.80. The summed E-state index contributed by atoms with van der Waals surface area (Å²) in [6.45, 7) is 7.49. The molecular formula is C16H31N3O2. The number of aliphatic imine (C=N–C) groups is 1. The zero-order chi connectivity index (χ0) is 15.7. The van der Waals surface area contributed by atoms with Crippen molar-refractivity contribution in [3.63, 3.8) is 0 Å². The van der Waals surface area contributed by atoms with E-state index < -0.39 is 0 Å². The fourth-order valence-corrected chi connectivity index (χ4v) is 2.88. The van der Waals surface area contributed by atoms with Crippen molar-refractivity contribution in [1.82, 2.24) is 10.6 Å². The maximum absolute atomic E-state index is 11.5. The van der Waals surface area contributed by atoms with Gasteiger partial charge in [-0.3, -0.25) is 9.79 Å². The van der Waals surface area contributed by atoms with Crippen molar-refractivity contribution in [3.05, 3.63) is 0 Å². The molecule has 1 saturated carbocycles. The molecule has 122 valence electrons. The largest absolute Gasteiger partial charge is 0.463 e. The number of carbonyl (C=O) groups excluding carboxylic acids is 1. The van der Waals surface area contributed by atoms with Crippen LogP contribution >= 0.6 is 0 Å². The van der Waals surface area contributed by atoms with Crippen LogP contribution in [-0.4, -0.2) is 38.2 Å². The van der Waals surface area contributed by atoms with Crippen molar-refractivity contribution in [3.8, 4) is 0 Å². The number of esters is 1. The van der Waals surface area contributed by atoms with Crippen LogP contribution in [0.1, 0.15) is 59.3 Å². The topological polar surface area (TPSA) is 62.7 Å². The monoisotopic (exact) mass is 297 g/mol. The third kappa shape index (κ3) is 6.36. The maximum Gasteiger partial charge on any atom is 0.307 e. The van der Waals surface area contributed by atoms with Crippen molar-refractivity contribution in [1.29, 1.82) is 0 Å². The third-order valence-corrected chi connectivity index (χ3v) is 4.26. The first-order valence-electron chi connectivity index (χ1n) is 8.15. The predicted octanol–water partition coefficient (Wildman–Crippen LogP) is 2.46. The Kier molecular flexibility index (Phi) is 7.54. The van der Waals surface area contributed by atoms with E-state index in [4.69, 9.17) is 4.74 Å². The minimum atomic E-state index is -0.172. The van der Waals surface area contributed by atoms with Gasteiger partial charge in [-0.15, -0.1) is 0 Å². The van der Waals surface area contributed by atoms with Gasteiger partial charge in [0.2, 0.25) is 0 Å². The molecular weight excluding hydrogens is 266 g/mol. The molecule has 5 nitrogen and oxygen atoms in total. The first-order chi connectivity index (χ1) is 10.0. The van der Waals surface area contributed by atoms with Crippen molar-refractivity contribution < 1.29 is 9.53 Å². The SMILES string of the molecule is CCC1(CNC(=NC)NCCC(=O)OC(C)C)CCCC1. The number of hydrogen-bond donors (Lipinski definition) is 2. The van der Waals surface area contributed by atoms with Gasteiger partial charge in [-0.05, 0) is 38.5 Å². The fraction of sp³-hybridized carbons (Fsp3) is 0.875. The van der Waals surface area contributed by atoms with Gasteiger partial charge in [-0.25, -0.2) is 0 Å². The van der Waals surface area contributed by atoms with E-state index in [0.717, 1.165) is 12.5 Å². The highest BCUT2D eigenvalue weighted by atomic mass is 16.5. The zero-order valence-electron chi connectivity index (χ0n) is 14.0. The molecule has 1 aliphatic carbocycles. The van der Waals surface area contributed by atoms with Crippen molar-refractivity contribution in [2.75, 3.05) is 20.1 Å². The van der Waals surface area contributed by atoms with Gasteiger partial charge in [-0.2, -0.15) is 0 Å². The van der Waals surface area contributed by atoms with Crippen molar-refractivity contribution >= 4 is 11.9 Å². The lowest BCUT2D eigenvalue weighted by Gasteiger charge is -2.28. The number of carbonyl (C=O) groups is 1. The summed E-state index contributed by atoms with van der Waals surface area (Å²) in [4.78, 5) is 15.7. The molecule has 1 fully saturated rings. The van der Waals surface area contributed by atoms with Gasteiger partial charge in [0.25, 0.3) is 0 Å². The Balaban J connectivity index is 2.27. The number of ether oxygens (including phenoxy) is 1. The summed E-state index contributed by atoms with van der Waals surface area (Å²) in [6.07, 6.45) is 6.78. The molecule has 0 aromatic carbocycles. The van der Waals surface area contributed by atoms with Crippen molar-refractivity contribution in [2.24, 2.45) is 10.4 Å². The van der Waals surface area contributed by atoms with Gasteiger partial charge in [0.05, 0.1) is 12.5 Å². The summed E-state index contributed by atoms with van der Waals surface area (Å²) in [5, 5.41) is 6.58. The van der Waals surface area contributed by atoms with Crippen LogP contribution in [0.25, 0.3) is 0 Å². The van der Waals surface area contributed by atoms with E-state index in [1.807, 2.05) is 13.8 Å². The molecule has 0 aromatic rings. The predicted molar refractivity (Wildman–Crippen MR) is 86.4 cm³/mol. The van der Waals surface area contributed by atoms with Gasteiger partial charge in [0.1, 0.15) is 0 Å². The fourth-order valence-electron chi connectivity index (χ4n) is 2.88. The first-order valence-corrected chi connectivity index (χ1v) is 8.15. The lowest BCUT2D eigenvalue weighted by atomic mass is 9.83. The summed E-state index contributed by atoms with van der Waals surface area (Å²) in [6, 6.07) is 0. The second kappa shape index (κ2) is 8.90. The van der Waals surface area contributed by atoms with Gasteiger partial charge in [-0.1, -0.05) is 19.8 Å². The zero-order valence-corrected chi connectivity index (χ0v) is 14.0. The Bertz CT molecular complexity index is 347. The summed E-state index contributed by atoms with van der Waals surface area (Å²) < 4.78 is 5.10. The molecule has 0 aliphatic heterocycles. The lowest BCUT2D eigenvalue weighted by Crippen LogP contribution is -2.43. The minimum Gasteiger partial charge on any atom is -0.463 e. The van der Waals surface area contributed by atoms with Crippen LogP contribution in [0, 0.1) is 5.41 Å². The lowest BCUT2D eigenvalue weighted by molar-refractivity contribution is -0.147. The molecule has 0 atom stereocenters. The maximum atomic E-state index is 11.5. The highest BCUT2D eigenvalue weighted by Crippen LogP contribution is 2.40. The third-order valence-electron chi connectivity index (χ3n) is 4.26. The smallest absolute Gasteiger partial charge is 0.307 e. The van der Waals surface area contributed by atoms with Crippen LogP contribution in [0.15, 0.2) is 4.99 Å². The van der Waals surface area contributed by atoms with Crippen LogP contribution in [0.3, 0.4) is 0 Å². The van der Waals surface area contributed by atoms with Gasteiger partial charge >= 0.3 is 5.97 Å². The molecule has 5 heteroatoms. The molecule has 0 bridgehead atoms. The van der Waals surface area contributed by atoms with E-state index in [1.165, 1.54) is 32.1 Å². The molecule has 0 radical (unpaired) electrons. The molecule has 1 rings (SSSR count). The molecule has 0 spiro atoms. The average molecular weight is 297 g/mol. The minimum absolute atomic E-state index is 0.0540. The number of guanidine groups is 1. The summed E-state index contributed by atoms with van der Waals surface area (Å²) in [5.41, 5.74) is 0.425. The molecule has 0 heterocycles. The van der Waals surface area contributed by atoms with E-state index >= 15 is 0 Å². The Labute approximate surface area is 128 Å². The molecule has 0 amide bonds. The normalized spacial score (nSPS) is 17.9. The van der Waals surface area contributed by atoms with Crippen LogP contribution in [0.2, 0.25) is 0 Å². The second-order valence-electron chi connectivity index (χ2n) is 6.20.